The summed E-state index contributed by atoms with van der Waals surface area (Å²) in [4.78, 5) is 24.0. The van der Waals surface area contributed by atoms with Gasteiger partial charge in [-0.3, -0.25) is 14.5 Å². The first kappa shape index (κ1) is 14.5. The Morgan fingerprint density at radius 2 is 2.15 bits per heavy atom. The monoisotopic (exact) mass is 278 g/mol. The lowest BCUT2D eigenvalue weighted by Crippen LogP contribution is -2.35. The zero-order valence-corrected chi connectivity index (χ0v) is 11.2. The lowest BCUT2D eigenvalue weighted by molar-refractivity contribution is -0.142. The van der Waals surface area contributed by atoms with E-state index in [4.69, 9.17) is 10.8 Å². The van der Waals surface area contributed by atoms with Crippen molar-refractivity contribution in [3.05, 3.63) is 34.9 Å². The number of hydrogen-bond acceptors (Lipinski definition) is 4. The zero-order valence-electron chi connectivity index (χ0n) is 11.2. The molecule has 2 rings (SSSR count). The Morgan fingerprint density at radius 1 is 1.45 bits per heavy atom. The SMILES string of the molecule is Cc1cc(C(N)=O)ccc1CN1CC(O)CC1C(=O)O. The number of aliphatic hydroxyl groups excluding tert-OH is 1. The maximum absolute atomic E-state index is 11.2. The quantitative estimate of drug-likeness (QED) is 0.725. The van der Waals surface area contributed by atoms with Crippen molar-refractivity contribution in [2.45, 2.75) is 32.0 Å². The molecule has 1 fully saturated rings. The van der Waals surface area contributed by atoms with Gasteiger partial charge in [-0.05, 0) is 30.2 Å². The fraction of sp³-hybridized carbons (Fsp3) is 0.429. The van der Waals surface area contributed by atoms with Crippen molar-refractivity contribution < 1.29 is 19.8 Å². The highest BCUT2D eigenvalue weighted by molar-refractivity contribution is 5.93. The standard InChI is InChI=1S/C14H18N2O4/c1-8-4-9(13(15)18)2-3-10(8)6-16-7-11(17)5-12(16)14(19)20/h2-4,11-12,17H,5-7H2,1H3,(H2,15,18)(H,19,20). The van der Waals surface area contributed by atoms with Gasteiger partial charge in [0.25, 0.3) is 0 Å². The van der Waals surface area contributed by atoms with E-state index in [1.807, 2.05) is 6.92 Å². The summed E-state index contributed by atoms with van der Waals surface area (Å²) in [6.07, 6.45) is -0.366. The molecule has 1 aliphatic heterocycles. The van der Waals surface area contributed by atoms with E-state index < -0.39 is 24.0 Å². The van der Waals surface area contributed by atoms with E-state index in [1.165, 1.54) is 0 Å². The normalized spacial score (nSPS) is 22.9. The molecule has 2 unspecified atom stereocenters. The summed E-state index contributed by atoms with van der Waals surface area (Å²) in [5.74, 6) is -1.41. The summed E-state index contributed by atoms with van der Waals surface area (Å²) in [6.45, 7) is 2.62. The number of benzene rings is 1. The number of hydrogen-bond donors (Lipinski definition) is 3. The number of likely N-dealkylation sites (tertiary alicyclic amines) is 1. The summed E-state index contributed by atoms with van der Waals surface area (Å²) in [6, 6.07) is 4.44. The minimum atomic E-state index is -0.923. The lowest BCUT2D eigenvalue weighted by atomic mass is 10.0. The Morgan fingerprint density at radius 3 is 2.70 bits per heavy atom. The predicted molar refractivity (Wildman–Crippen MR) is 72.2 cm³/mol. The van der Waals surface area contributed by atoms with Crippen molar-refractivity contribution in [2.24, 2.45) is 5.73 Å². The molecular formula is C14H18N2O4. The molecule has 0 bridgehead atoms. The second-order valence-corrected chi connectivity index (χ2v) is 5.18. The number of aryl methyl sites for hydroxylation is 1. The van der Waals surface area contributed by atoms with Gasteiger partial charge in [0.2, 0.25) is 5.91 Å². The van der Waals surface area contributed by atoms with Gasteiger partial charge in [0, 0.05) is 25.1 Å². The Kier molecular flexibility index (Phi) is 4.06. The van der Waals surface area contributed by atoms with Gasteiger partial charge in [0.15, 0.2) is 0 Å². The van der Waals surface area contributed by atoms with Gasteiger partial charge in [-0.25, -0.2) is 0 Å². The smallest absolute Gasteiger partial charge is 0.321 e. The molecule has 20 heavy (non-hydrogen) atoms. The van der Waals surface area contributed by atoms with Crippen molar-refractivity contribution >= 4 is 11.9 Å². The van der Waals surface area contributed by atoms with E-state index in [0.717, 1.165) is 11.1 Å². The van der Waals surface area contributed by atoms with E-state index in [9.17, 15) is 14.7 Å². The first-order chi connectivity index (χ1) is 9.38. The average Bonchev–Trinajstić information content (AvgIpc) is 2.73. The van der Waals surface area contributed by atoms with Gasteiger partial charge in [-0.1, -0.05) is 6.07 Å². The molecule has 0 spiro atoms. The first-order valence-electron chi connectivity index (χ1n) is 6.42. The summed E-state index contributed by atoms with van der Waals surface area (Å²) in [7, 11) is 0. The van der Waals surface area contributed by atoms with Gasteiger partial charge in [0.1, 0.15) is 6.04 Å². The fourth-order valence-corrected chi connectivity index (χ4v) is 2.56. The Hall–Kier alpha value is -1.92. The summed E-state index contributed by atoms with van der Waals surface area (Å²) < 4.78 is 0. The van der Waals surface area contributed by atoms with Crippen LogP contribution in [0.3, 0.4) is 0 Å². The Labute approximate surface area is 116 Å². The third kappa shape index (κ3) is 2.97. The maximum atomic E-state index is 11.2. The minimum Gasteiger partial charge on any atom is -0.480 e. The molecule has 6 heteroatoms. The molecule has 1 aromatic rings. The molecule has 0 saturated carbocycles. The molecule has 4 N–H and O–H groups in total. The van der Waals surface area contributed by atoms with Crippen LogP contribution in [0.15, 0.2) is 18.2 Å². The van der Waals surface area contributed by atoms with E-state index >= 15 is 0 Å². The van der Waals surface area contributed by atoms with Crippen molar-refractivity contribution in [1.82, 2.24) is 4.90 Å². The molecule has 1 aliphatic rings. The van der Waals surface area contributed by atoms with Crippen LogP contribution < -0.4 is 5.73 Å². The van der Waals surface area contributed by atoms with Gasteiger partial charge in [0.05, 0.1) is 6.10 Å². The number of rotatable bonds is 4. The third-order valence-electron chi connectivity index (χ3n) is 3.67. The van der Waals surface area contributed by atoms with E-state index in [2.05, 4.69) is 0 Å². The Balaban J connectivity index is 2.17. The van der Waals surface area contributed by atoms with Gasteiger partial charge >= 0.3 is 5.97 Å². The molecule has 108 valence electrons. The highest BCUT2D eigenvalue weighted by Gasteiger charge is 2.35. The first-order valence-corrected chi connectivity index (χ1v) is 6.42. The molecule has 1 amide bonds. The van der Waals surface area contributed by atoms with Crippen molar-refractivity contribution in [3.8, 4) is 0 Å². The number of aliphatic carboxylic acids is 1. The number of nitrogens with zero attached hydrogens (tertiary/aromatic N) is 1. The number of carboxylic acid groups (broad SMARTS) is 1. The number of nitrogens with two attached hydrogens (primary N) is 1. The van der Waals surface area contributed by atoms with Crippen molar-refractivity contribution in [1.29, 1.82) is 0 Å². The van der Waals surface area contributed by atoms with Crippen LogP contribution in [0.5, 0.6) is 0 Å². The van der Waals surface area contributed by atoms with Crippen molar-refractivity contribution in [3.63, 3.8) is 0 Å². The topological polar surface area (TPSA) is 104 Å². The van der Waals surface area contributed by atoms with Crippen LogP contribution in [0.4, 0.5) is 0 Å². The molecule has 1 aromatic carbocycles. The molecule has 0 aromatic heterocycles. The number of amides is 1. The molecule has 2 atom stereocenters. The average molecular weight is 278 g/mol. The van der Waals surface area contributed by atoms with Gasteiger partial charge in [-0.2, -0.15) is 0 Å². The highest BCUT2D eigenvalue weighted by atomic mass is 16.4. The number of aliphatic hydroxyl groups is 1. The number of primary amides is 1. The second kappa shape index (κ2) is 5.60. The zero-order chi connectivity index (χ0) is 14.9. The largest absolute Gasteiger partial charge is 0.480 e. The van der Waals surface area contributed by atoms with E-state index in [-0.39, 0.29) is 6.42 Å². The maximum Gasteiger partial charge on any atom is 0.321 e. The van der Waals surface area contributed by atoms with Crippen LogP contribution in [-0.4, -0.2) is 45.7 Å². The fourth-order valence-electron chi connectivity index (χ4n) is 2.56. The van der Waals surface area contributed by atoms with Crippen LogP contribution in [0.1, 0.15) is 27.9 Å². The predicted octanol–water partition coefficient (Wildman–Crippen LogP) is 0.114. The summed E-state index contributed by atoms with van der Waals surface area (Å²) >= 11 is 0. The number of β-amino-alcohol motifs (C(OH)–C–C–N with tert-alkyl or cyclic N) is 1. The van der Waals surface area contributed by atoms with E-state index in [0.29, 0.717) is 18.7 Å². The summed E-state index contributed by atoms with van der Waals surface area (Å²) in [5.41, 5.74) is 7.46. The van der Waals surface area contributed by atoms with Crippen LogP contribution in [0.25, 0.3) is 0 Å². The minimum absolute atomic E-state index is 0.244. The van der Waals surface area contributed by atoms with Crippen LogP contribution in [0, 0.1) is 6.92 Å². The highest BCUT2D eigenvalue weighted by Crippen LogP contribution is 2.22. The molecular weight excluding hydrogens is 260 g/mol. The van der Waals surface area contributed by atoms with Crippen LogP contribution >= 0.6 is 0 Å². The Bertz CT molecular complexity index is 544. The second-order valence-electron chi connectivity index (χ2n) is 5.18. The lowest BCUT2D eigenvalue weighted by Gasteiger charge is -2.21. The molecule has 1 heterocycles. The molecule has 0 aliphatic carbocycles. The van der Waals surface area contributed by atoms with Crippen LogP contribution in [0.2, 0.25) is 0 Å². The molecule has 0 radical (unpaired) electrons. The third-order valence-corrected chi connectivity index (χ3v) is 3.67. The number of carboxylic acids is 1. The van der Waals surface area contributed by atoms with Crippen molar-refractivity contribution in [2.75, 3.05) is 6.54 Å². The van der Waals surface area contributed by atoms with Gasteiger partial charge in [-0.15, -0.1) is 0 Å². The number of carbonyl (C=O) groups is 2. The summed E-state index contributed by atoms with van der Waals surface area (Å²) in [5, 5.41) is 18.8. The molecule has 6 nitrogen and oxygen atoms in total. The number of carbonyl (C=O) groups excluding carboxylic acids is 1. The van der Waals surface area contributed by atoms with E-state index in [1.54, 1.807) is 23.1 Å². The van der Waals surface area contributed by atoms with Gasteiger partial charge < -0.3 is 15.9 Å². The molecule has 1 saturated heterocycles. The van der Waals surface area contributed by atoms with Crippen LogP contribution in [-0.2, 0) is 11.3 Å².